The van der Waals surface area contributed by atoms with Gasteiger partial charge in [-0.3, -0.25) is 10.1 Å². The predicted octanol–water partition coefficient (Wildman–Crippen LogP) is 3.15. The third-order valence-corrected chi connectivity index (χ3v) is 3.81. The van der Waals surface area contributed by atoms with Gasteiger partial charge in [-0.25, -0.2) is 0 Å². The highest BCUT2D eigenvalue weighted by Crippen LogP contribution is 2.33. The molecule has 6 nitrogen and oxygen atoms in total. The molecule has 0 radical (unpaired) electrons. The molecule has 0 saturated heterocycles. The Kier molecular flexibility index (Phi) is 5.92. The van der Waals surface area contributed by atoms with Gasteiger partial charge in [0.25, 0.3) is 5.69 Å². The lowest BCUT2D eigenvalue weighted by atomic mass is 9.94. The molecule has 20 heavy (non-hydrogen) atoms. The van der Waals surface area contributed by atoms with Gasteiger partial charge in [-0.2, -0.15) is 5.26 Å². The van der Waals surface area contributed by atoms with E-state index in [2.05, 4.69) is 22.0 Å². The van der Waals surface area contributed by atoms with Gasteiger partial charge in [0.1, 0.15) is 15.8 Å². The molecule has 0 spiro atoms. The van der Waals surface area contributed by atoms with Gasteiger partial charge in [0.15, 0.2) is 0 Å². The second-order valence-electron chi connectivity index (χ2n) is 4.42. The third kappa shape index (κ3) is 4.18. The third-order valence-electron chi connectivity index (χ3n) is 3.02. The second-order valence-corrected chi connectivity index (χ2v) is 5.21. The van der Waals surface area contributed by atoms with E-state index in [1.54, 1.807) is 12.1 Å². The van der Waals surface area contributed by atoms with E-state index in [0.717, 1.165) is 0 Å². The quantitative estimate of drug-likeness (QED) is 0.466. The summed E-state index contributed by atoms with van der Waals surface area (Å²) in [5, 5.41) is 19.7. The molecular formula is C13H16BrN3O3. The van der Waals surface area contributed by atoms with E-state index >= 15 is 0 Å². The average Bonchev–Trinajstić information content (AvgIpc) is 2.44. The van der Waals surface area contributed by atoms with Crippen molar-refractivity contribution in [2.45, 2.75) is 31.7 Å². The Morgan fingerprint density at radius 1 is 1.60 bits per heavy atom. The van der Waals surface area contributed by atoms with Crippen LogP contribution in [0, 0.1) is 21.4 Å². The van der Waals surface area contributed by atoms with Gasteiger partial charge < -0.3 is 10.5 Å². The second kappa shape index (κ2) is 7.22. The van der Waals surface area contributed by atoms with Gasteiger partial charge in [-0.05, 0) is 41.3 Å². The number of ether oxygens (including phenoxy) is 1. The Bertz CT molecular complexity index is 530. The summed E-state index contributed by atoms with van der Waals surface area (Å²) in [4.78, 5) is 10.3. The molecule has 0 aliphatic carbocycles. The number of benzene rings is 1. The van der Waals surface area contributed by atoms with Crippen LogP contribution in [0.25, 0.3) is 0 Å². The van der Waals surface area contributed by atoms with Crippen LogP contribution >= 0.6 is 15.9 Å². The maximum absolute atomic E-state index is 10.8. The van der Waals surface area contributed by atoms with E-state index in [9.17, 15) is 10.1 Å². The summed E-state index contributed by atoms with van der Waals surface area (Å²) in [5.41, 5.74) is 4.98. The molecule has 1 unspecified atom stereocenters. The Morgan fingerprint density at radius 2 is 2.30 bits per heavy atom. The van der Waals surface area contributed by atoms with E-state index in [4.69, 9.17) is 15.7 Å². The monoisotopic (exact) mass is 341 g/mol. The molecule has 0 aliphatic heterocycles. The van der Waals surface area contributed by atoms with Gasteiger partial charge in [0, 0.05) is 6.07 Å². The maximum Gasteiger partial charge on any atom is 0.287 e. The van der Waals surface area contributed by atoms with E-state index in [1.807, 2.05) is 6.92 Å². The number of hydrogen-bond acceptors (Lipinski definition) is 5. The first kappa shape index (κ1) is 16.4. The zero-order chi connectivity index (χ0) is 15.2. The van der Waals surface area contributed by atoms with Crippen molar-refractivity contribution in [1.82, 2.24) is 0 Å². The van der Waals surface area contributed by atoms with Gasteiger partial charge in [-0.1, -0.05) is 13.0 Å². The highest BCUT2D eigenvalue weighted by atomic mass is 79.9. The highest BCUT2D eigenvalue weighted by Gasteiger charge is 2.21. The molecule has 1 aromatic carbocycles. The summed E-state index contributed by atoms with van der Waals surface area (Å²) in [6.45, 7) is 2.21. The summed E-state index contributed by atoms with van der Waals surface area (Å²) >= 11 is 3.16. The smallest absolute Gasteiger partial charge is 0.287 e. The number of hydrogen-bond donors (Lipinski definition) is 1. The van der Waals surface area contributed by atoms with Crippen LogP contribution < -0.4 is 10.5 Å². The van der Waals surface area contributed by atoms with Crippen molar-refractivity contribution in [3.05, 3.63) is 32.8 Å². The minimum atomic E-state index is -0.830. The number of rotatable bonds is 7. The molecule has 0 saturated carbocycles. The molecule has 1 atom stereocenters. The normalized spacial score (nSPS) is 13.3. The lowest BCUT2D eigenvalue weighted by Crippen LogP contribution is -2.37. The van der Waals surface area contributed by atoms with Crippen molar-refractivity contribution >= 4 is 21.6 Å². The number of halogens is 1. The first-order chi connectivity index (χ1) is 9.43. The Hall–Kier alpha value is -1.65. The van der Waals surface area contributed by atoms with E-state index < -0.39 is 10.5 Å². The van der Waals surface area contributed by atoms with Crippen molar-refractivity contribution in [3.8, 4) is 11.8 Å². The molecule has 0 fully saturated rings. The molecule has 2 N–H and O–H groups in total. The van der Waals surface area contributed by atoms with Crippen LogP contribution in [-0.2, 0) is 0 Å². The average molecular weight is 342 g/mol. The lowest BCUT2D eigenvalue weighted by Gasteiger charge is -2.19. The summed E-state index contributed by atoms with van der Waals surface area (Å²) in [6.07, 6.45) is 1.70. The van der Waals surface area contributed by atoms with E-state index in [1.165, 1.54) is 6.07 Å². The van der Waals surface area contributed by atoms with Crippen LogP contribution in [0.1, 0.15) is 26.2 Å². The molecule has 0 aliphatic rings. The van der Waals surface area contributed by atoms with Crippen molar-refractivity contribution in [2.24, 2.45) is 5.73 Å². The summed E-state index contributed by atoms with van der Waals surface area (Å²) < 4.78 is 5.81. The molecule has 0 aromatic heterocycles. The molecule has 108 valence electrons. The number of nitro groups is 1. The van der Waals surface area contributed by atoms with Crippen LogP contribution in [0.5, 0.6) is 5.75 Å². The highest BCUT2D eigenvalue weighted by molar-refractivity contribution is 9.10. The first-order valence-corrected chi connectivity index (χ1v) is 6.98. The Labute approximate surface area is 125 Å². The standard InChI is InChI=1S/C13H16BrN3O3/c1-2-13(16,9-15)7-4-8-20-11-6-3-5-10(12(11)14)17(18)19/h3,5-6H,2,4,7-8,16H2,1H3. The lowest BCUT2D eigenvalue weighted by molar-refractivity contribution is -0.385. The predicted molar refractivity (Wildman–Crippen MR) is 78.3 cm³/mol. The summed E-state index contributed by atoms with van der Waals surface area (Å²) in [5.74, 6) is 0.412. The topological polar surface area (TPSA) is 102 Å². The van der Waals surface area contributed by atoms with Crippen LogP contribution in [0.4, 0.5) is 5.69 Å². The fourth-order valence-electron chi connectivity index (χ4n) is 1.63. The number of nitrogens with two attached hydrogens (primary N) is 1. The fourth-order valence-corrected chi connectivity index (χ4v) is 2.16. The molecule has 1 aromatic rings. The van der Waals surface area contributed by atoms with Crippen molar-refractivity contribution in [1.29, 1.82) is 5.26 Å². The number of nitrogens with zero attached hydrogens (tertiary/aromatic N) is 2. The zero-order valence-corrected chi connectivity index (χ0v) is 12.7. The minimum Gasteiger partial charge on any atom is -0.492 e. The van der Waals surface area contributed by atoms with E-state index in [-0.39, 0.29) is 5.69 Å². The van der Waals surface area contributed by atoms with Gasteiger partial charge in [-0.15, -0.1) is 0 Å². The first-order valence-electron chi connectivity index (χ1n) is 6.19. The number of nitro benzene ring substituents is 1. The Balaban J connectivity index is 2.58. The van der Waals surface area contributed by atoms with Crippen molar-refractivity contribution in [3.63, 3.8) is 0 Å². The zero-order valence-electron chi connectivity index (χ0n) is 11.1. The summed E-state index contributed by atoms with van der Waals surface area (Å²) in [7, 11) is 0. The maximum atomic E-state index is 10.8. The summed E-state index contributed by atoms with van der Waals surface area (Å²) in [6, 6.07) is 6.70. The SMILES string of the molecule is CCC(N)(C#N)CCCOc1cccc([N+](=O)[O-])c1Br. The molecule has 0 heterocycles. The molecule has 0 amide bonds. The molecule has 7 heteroatoms. The van der Waals surface area contributed by atoms with Crippen molar-refractivity contribution in [2.75, 3.05) is 6.61 Å². The molecular weight excluding hydrogens is 326 g/mol. The molecule has 1 rings (SSSR count). The van der Waals surface area contributed by atoms with Crippen LogP contribution in [0.2, 0.25) is 0 Å². The van der Waals surface area contributed by atoms with Crippen LogP contribution in [0.15, 0.2) is 22.7 Å². The van der Waals surface area contributed by atoms with Crippen LogP contribution in [-0.4, -0.2) is 17.1 Å². The fraction of sp³-hybridized carbons (Fsp3) is 0.462. The van der Waals surface area contributed by atoms with Crippen molar-refractivity contribution < 1.29 is 9.66 Å². The van der Waals surface area contributed by atoms with Gasteiger partial charge in [0.2, 0.25) is 0 Å². The largest absolute Gasteiger partial charge is 0.492 e. The van der Waals surface area contributed by atoms with Gasteiger partial charge in [0.05, 0.1) is 17.6 Å². The van der Waals surface area contributed by atoms with E-state index in [0.29, 0.717) is 36.1 Å². The Morgan fingerprint density at radius 3 is 2.85 bits per heavy atom. The van der Waals surface area contributed by atoms with Gasteiger partial charge >= 0.3 is 0 Å². The molecule has 0 bridgehead atoms. The number of nitriles is 1. The van der Waals surface area contributed by atoms with Crippen LogP contribution in [0.3, 0.4) is 0 Å². The minimum absolute atomic E-state index is 0.0405.